The van der Waals surface area contributed by atoms with Gasteiger partial charge >= 0.3 is 0 Å². The third kappa shape index (κ3) is 4.64. The Balaban J connectivity index is 2.55. The topological polar surface area (TPSA) is 60.9 Å². The van der Waals surface area contributed by atoms with E-state index < -0.39 is 0 Å². The van der Waals surface area contributed by atoms with Gasteiger partial charge in [-0.3, -0.25) is 14.8 Å². The number of hydrogen-bond acceptors (Lipinski definition) is 3. The van der Waals surface area contributed by atoms with Crippen LogP contribution in [-0.2, 0) is 9.59 Å². The molecule has 1 saturated heterocycles. The van der Waals surface area contributed by atoms with E-state index in [0.29, 0.717) is 11.5 Å². The van der Waals surface area contributed by atoms with Crippen molar-refractivity contribution in [1.82, 2.24) is 9.96 Å². The summed E-state index contributed by atoms with van der Waals surface area (Å²) in [6.45, 7) is 3.81. The van der Waals surface area contributed by atoms with Crippen LogP contribution >= 0.6 is 0 Å². The number of carbonyl (C=O) groups is 2. The highest BCUT2D eigenvalue weighted by Crippen LogP contribution is 2.17. The smallest absolute Gasteiger partial charge is 0.233 e. The molecule has 1 aliphatic rings. The first-order valence-electron chi connectivity index (χ1n) is 6.88. The molecule has 1 heterocycles. The molecule has 0 aromatic heterocycles. The minimum atomic E-state index is -0.266. The van der Waals surface area contributed by atoms with Crippen LogP contribution in [-0.4, -0.2) is 47.1 Å². The highest BCUT2D eigenvalue weighted by molar-refractivity contribution is 5.79. The summed E-state index contributed by atoms with van der Waals surface area (Å²) in [6, 6.07) is 0. The zero-order valence-corrected chi connectivity index (χ0v) is 11.2. The average Bonchev–Trinajstić information content (AvgIpc) is 2.43. The van der Waals surface area contributed by atoms with Gasteiger partial charge in [-0.15, -0.1) is 0 Å². The maximum atomic E-state index is 12.3. The maximum absolute atomic E-state index is 12.3. The Morgan fingerprint density at radius 2 is 2.06 bits per heavy atom. The SMILES string of the molecule is CCCCC(CN(O)C=O)C(=O)N1CCCCC1. The predicted octanol–water partition coefficient (Wildman–Crippen LogP) is 1.65. The molecule has 5 heteroatoms. The second-order valence-electron chi connectivity index (χ2n) is 4.95. The molecule has 5 nitrogen and oxygen atoms in total. The molecule has 18 heavy (non-hydrogen) atoms. The van der Waals surface area contributed by atoms with Crippen molar-refractivity contribution in [3.63, 3.8) is 0 Å². The van der Waals surface area contributed by atoms with Gasteiger partial charge in [-0.25, -0.2) is 5.06 Å². The molecule has 1 atom stereocenters. The third-order valence-electron chi connectivity index (χ3n) is 3.45. The van der Waals surface area contributed by atoms with Gasteiger partial charge in [0, 0.05) is 13.1 Å². The molecule has 1 N–H and O–H groups in total. The van der Waals surface area contributed by atoms with Gasteiger partial charge in [0.25, 0.3) is 0 Å². The summed E-state index contributed by atoms with van der Waals surface area (Å²) in [6.07, 6.45) is 6.35. The lowest BCUT2D eigenvalue weighted by molar-refractivity contribution is -0.157. The van der Waals surface area contributed by atoms with Crippen molar-refractivity contribution < 1.29 is 14.8 Å². The van der Waals surface area contributed by atoms with E-state index in [0.717, 1.165) is 45.2 Å². The molecule has 1 fully saturated rings. The molecule has 0 aromatic rings. The highest BCUT2D eigenvalue weighted by atomic mass is 16.5. The minimum absolute atomic E-state index is 0.0871. The van der Waals surface area contributed by atoms with Gasteiger partial charge in [-0.05, 0) is 25.7 Å². The van der Waals surface area contributed by atoms with Crippen LogP contribution in [0.5, 0.6) is 0 Å². The van der Waals surface area contributed by atoms with Crippen molar-refractivity contribution in [3.05, 3.63) is 0 Å². The Labute approximate surface area is 109 Å². The monoisotopic (exact) mass is 256 g/mol. The fourth-order valence-corrected chi connectivity index (χ4v) is 2.38. The molecule has 0 aromatic carbocycles. The first-order chi connectivity index (χ1) is 8.69. The summed E-state index contributed by atoms with van der Waals surface area (Å²) < 4.78 is 0. The molecular weight excluding hydrogens is 232 g/mol. The lowest BCUT2D eigenvalue weighted by Gasteiger charge is -2.31. The zero-order valence-electron chi connectivity index (χ0n) is 11.2. The van der Waals surface area contributed by atoms with Crippen LogP contribution in [0.3, 0.4) is 0 Å². The molecule has 1 rings (SSSR count). The van der Waals surface area contributed by atoms with E-state index in [9.17, 15) is 14.8 Å². The van der Waals surface area contributed by atoms with E-state index in [-0.39, 0.29) is 18.4 Å². The first kappa shape index (κ1) is 15.0. The van der Waals surface area contributed by atoms with Crippen LogP contribution in [0.4, 0.5) is 0 Å². The number of rotatable bonds is 7. The lowest BCUT2D eigenvalue weighted by atomic mass is 9.99. The van der Waals surface area contributed by atoms with Crippen molar-refractivity contribution in [3.8, 4) is 0 Å². The number of unbranched alkanes of at least 4 members (excludes halogenated alkanes) is 1. The molecule has 0 spiro atoms. The number of nitrogens with zero attached hydrogens (tertiary/aromatic N) is 2. The quantitative estimate of drug-likeness (QED) is 0.428. The summed E-state index contributed by atoms with van der Waals surface area (Å²) >= 11 is 0. The summed E-state index contributed by atoms with van der Waals surface area (Å²) in [5.41, 5.74) is 0. The van der Waals surface area contributed by atoms with Crippen LogP contribution in [0.15, 0.2) is 0 Å². The third-order valence-corrected chi connectivity index (χ3v) is 3.45. The zero-order chi connectivity index (χ0) is 13.4. The van der Waals surface area contributed by atoms with Gasteiger partial charge in [0.2, 0.25) is 12.3 Å². The van der Waals surface area contributed by atoms with Crippen molar-refractivity contribution in [2.75, 3.05) is 19.6 Å². The summed E-state index contributed by atoms with van der Waals surface area (Å²) in [7, 11) is 0. The molecule has 2 amide bonds. The van der Waals surface area contributed by atoms with Crippen LogP contribution in [0.25, 0.3) is 0 Å². The van der Waals surface area contributed by atoms with Gasteiger partial charge in [0.1, 0.15) is 0 Å². The van der Waals surface area contributed by atoms with Gasteiger partial charge in [-0.2, -0.15) is 0 Å². The number of likely N-dealkylation sites (tertiary alicyclic amines) is 1. The number of hydrogen-bond donors (Lipinski definition) is 1. The second kappa shape index (κ2) is 8.08. The number of piperidine rings is 1. The Bertz CT molecular complexity index is 265. The first-order valence-corrected chi connectivity index (χ1v) is 6.88. The highest BCUT2D eigenvalue weighted by Gasteiger charge is 2.26. The van der Waals surface area contributed by atoms with Gasteiger partial charge < -0.3 is 4.90 Å². The van der Waals surface area contributed by atoms with Gasteiger partial charge in [0.05, 0.1) is 12.5 Å². The molecule has 0 saturated carbocycles. The van der Waals surface area contributed by atoms with E-state index in [1.54, 1.807) is 0 Å². The maximum Gasteiger partial charge on any atom is 0.233 e. The normalized spacial score (nSPS) is 17.3. The van der Waals surface area contributed by atoms with Crippen LogP contribution in [0, 0.1) is 5.92 Å². The fraction of sp³-hybridized carbons (Fsp3) is 0.846. The van der Waals surface area contributed by atoms with Crippen LogP contribution < -0.4 is 0 Å². The van der Waals surface area contributed by atoms with Gasteiger partial charge in [-0.1, -0.05) is 19.8 Å². The molecular formula is C13H24N2O3. The van der Waals surface area contributed by atoms with E-state index in [1.165, 1.54) is 6.42 Å². The lowest BCUT2D eigenvalue weighted by Crippen LogP contribution is -2.43. The number of amides is 2. The summed E-state index contributed by atoms with van der Waals surface area (Å²) in [5.74, 6) is -0.178. The van der Waals surface area contributed by atoms with Gasteiger partial charge in [0.15, 0.2) is 0 Å². The Morgan fingerprint density at radius 3 is 2.61 bits per heavy atom. The fourth-order valence-electron chi connectivity index (χ4n) is 2.38. The van der Waals surface area contributed by atoms with Crippen molar-refractivity contribution in [2.24, 2.45) is 5.92 Å². The second-order valence-corrected chi connectivity index (χ2v) is 4.95. The summed E-state index contributed by atoms with van der Waals surface area (Å²) in [4.78, 5) is 24.7. The van der Waals surface area contributed by atoms with Crippen molar-refractivity contribution >= 4 is 12.3 Å². The molecule has 0 bridgehead atoms. The van der Waals surface area contributed by atoms with Crippen LogP contribution in [0.1, 0.15) is 45.4 Å². The standard InChI is InChI=1S/C13H24N2O3/c1-2-3-7-12(10-15(18)11-16)13(17)14-8-5-4-6-9-14/h11-12,18H,2-10H2,1H3. The molecule has 0 radical (unpaired) electrons. The van der Waals surface area contributed by atoms with Crippen LogP contribution in [0.2, 0.25) is 0 Å². The Morgan fingerprint density at radius 1 is 1.39 bits per heavy atom. The average molecular weight is 256 g/mol. The van der Waals surface area contributed by atoms with E-state index in [1.807, 2.05) is 4.90 Å². The molecule has 104 valence electrons. The van der Waals surface area contributed by atoms with E-state index in [4.69, 9.17) is 0 Å². The van der Waals surface area contributed by atoms with Crippen molar-refractivity contribution in [2.45, 2.75) is 45.4 Å². The Hall–Kier alpha value is -1.10. The molecule has 1 unspecified atom stereocenters. The summed E-state index contributed by atoms with van der Waals surface area (Å²) in [5, 5.41) is 9.85. The minimum Gasteiger partial charge on any atom is -0.342 e. The molecule has 1 aliphatic heterocycles. The van der Waals surface area contributed by atoms with E-state index in [2.05, 4.69) is 6.92 Å². The number of hydroxylamine groups is 2. The molecule has 0 aliphatic carbocycles. The largest absolute Gasteiger partial charge is 0.342 e. The van der Waals surface area contributed by atoms with E-state index >= 15 is 0 Å². The Kier molecular flexibility index (Phi) is 6.72. The predicted molar refractivity (Wildman–Crippen MR) is 68.0 cm³/mol. The van der Waals surface area contributed by atoms with Crippen molar-refractivity contribution in [1.29, 1.82) is 0 Å². The number of carbonyl (C=O) groups excluding carboxylic acids is 2.